The third kappa shape index (κ3) is 10.7. The lowest BCUT2D eigenvalue weighted by Crippen LogP contribution is -2.43. The van der Waals surface area contributed by atoms with Gasteiger partial charge in [0.15, 0.2) is 12.4 Å². The summed E-state index contributed by atoms with van der Waals surface area (Å²) in [5, 5.41) is 9.65. The second-order valence-corrected chi connectivity index (χ2v) is 11.5. The number of ether oxygens (including phenoxy) is 5. The molecule has 2 saturated heterocycles. The molecule has 4 rings (SSSR count). The van der Waals surface area contributed by atoms with Gasteiger partial charge < -0.3 is 33.7 Å². The number of rotatable bonds is 18. The molecule has 2 aromatic rings. The van der Waals surface area contributed by atoms with Crippen LogP contribution in [0.2, 0.25) is 0 Å². The van der Waals surface area contributed by atoms with Crippen LogP contribution in [0.3, 0.4) is 0 Å². The average molecular weight is 598 g/mol. The number of carbonyl (C=O) groups is 2. The molecular weight excluding hydrogens is 550 g/mol. The second kappa shape index (κ2) is 18.1. The number of carbonyl (C=O) groups excluding carboxylic acids is 2. The summed E-state index contributed by atoms with van der Waals surface area (Å²) < 4.78 is 30.0. The number of benzene rings is 2. The van der Waals surface area contributed by atoms with E-state index in [1.807, 2.05) is 48.5 Å². The van der Waals surface area contributed by atoms with Crippen LogP contribution in [0.15, 0.2) is 60.7 Å². The van der Waals surface area contributed by atoms with Gasteiger partial charge in [0, 0.05) is 32.7 Å². The Bertz CT molecular complexity index is 1080. The highest BCUT2D eigenvalue weighted by molar-refractivity contribution is 5.89. The quantitative estimate of drug-likeness (QED) is 0.192. The van der Waals surface area contributed by atoms with E-state index in [9.17, 15) is 14.7 Å². The first-order chi connectivity index (χ1) is 21.1. The molecule has 0 amide bonds. The minimum absolute atomic E-state index is 0.158. The van der Waals surface area contributed by atoms with Crippen LogP contribution < -0.4 is 0 Å². The molecule has 0 radical (unpaired) electrons. The molecule has 2 aliphatic rings. The molecule has 43 heavy (non-hydrogen) atoms. The van der Waals surface area contributed by atoms with Crippen molar-refractivity contribution in [2.24, 2.45) is 5.92 Å². The predicted molar refractivity (Wildman–Crippen MR) is 161 cm³/mol. The second-order valence-electron chi connectivity index (χ2n) is 11.5. The maximum atomic E-state index is 13.2. The van der Waals surface area contributed by atoms with Gasteiger partial charge in [0.2, 0.25) is 0 Å². The van der Waals surface area contributed by atoms with Gasteiger partial charge in [-0.15, -0.1) is 0 Å². The Hall–Kier alpha value is -2.82. The van der Waals surface area contributed by atoms with Crippen molar-refractivity contribution in [3.05, 3.63) is 71.8 Å². The minimum atomic E-state index is -0.755. The van der Waals surface area contributed by atoms with Crippen molar-refractivity contribution < 1.29 is 38.4 Å². The van der Waals surface area contributed by atoms with Crippen molar-refractivity contribution in [2.75, 3.05) is 40.0 Å². The number of unbranched alkanes of at least 4 members (excludes halogenated alkanes) is 5. The monoisotopic (exact) mass is 597 g/mol. The Morgan fingerprint density at radius 2 is 1.60 bits per heavy atom. The zero-order chi connectivity index (χ0) is 30.3. The van der Waals surface area contributed by atoms with Crippen LogP contribution in [0.25, 0.3) is 0 Å². The molecule has 1 N–H and O–H groups in total. The fraction of sp³-hybridized carbons (Fsp3) is 0.588. The van der Waals surface area contributed by atoms with Crippen molar-refractivity contribution in [3.63, 3.8) is 0 Å². The van der Waals surface area contributed by atoms with Gasteiger partial charge in [-0.3, -0.25) is 4.79 Å². The summed E-state index contributed by atoms with van der Waals surface area (Å²) in [6.45, 7) is 3.26. The van der Waals surface area contributed by atoms with E-state index >= 15 is 0 Å². The smallest absolute Gasteiger partial charge is 0.338 e. The van der Waals surface area contributed by atoms with E-state index < -0.39 is 24.5 Å². The van der Waals surface area contributed by atoms with Gasteiger partial charge in [0.05, 0.1) is 19.3 Å². The fourth-order valence-electron chi connectivity index (χ4n) is 5.69. The summed E-state index contributed by atoms with van der Waals surface area (Å²) in [7, 11) is 1.42. The normalized spacial score (nSPS) is 23.8. The van der Waals surface area contributed by atoms with Crippen molar-refractivity contribution in [2.45, 2.75) is 82.6 Å². The van der Waals surface area contributed by atoms with E-state index in [-0.39, 0.29) is 24.6 Å². The Morgan fingerprint density at radius 1 is 0.907 bits per heavy atom. The molecule has 2 aliphatic heterocycles. The Morgan fingerprint density at radius 3 is 2.30 bits per heavy atom. The van der Waals surface area contributed by atoms with Crippen LogP contribution in [-0.4, -0.2) is 86.5 Å². The molecular formula is C34H47NO8. The lowest BCUT2D eigenvalue weighted by molar-refractivity contribution is -0.168. The standard InChI is InChI=1S/C34H47NO8/c1-39-30(37)18-12-4-2-3-5-13-21-40-34-32(43-33(38)28-16-10-7-11-17-28)31(41-25-26-14-8-6-9-15-26)29(42-34)23-35-20-19-27(22-35)24-36/h6-11,14-17,27,29,31-32,34,36H,2-5,12-13,18-25H2,1H3/t27-,29+,31+,32-,34-/m0/s1. The van der Waals surface area contributed by atoms with Gasteiger partial charge in [0.25, 0.3) is 0 Å². The first-order valence-electron chi connectivity index (χ1n) is 15.7. The lowest BCUT2D eigenvalue weighted by Gasteiger charge is -2.26. The maximum absolute atomic E-state index is 13.2. The SMILES string of the molecule is COC(=O)CCCCCCCCO[C@H]1O[C@H](CN2CC[C@H](CO)C2)[C@@H](OCc2ccccc2)[C@@H]1OC(=O)c1ccccc1. The van der Waals surface area contributed by atoms with Crippen LogP contribution in [0, 0.1) is 5.92 Å². The highest BCUT2D eigenvalue weighted by Crippen LogP contribution is 2.31. The summed E-state index contributed by atoms with van der Waals surface area (Å²) >= 11 is 0. The van der Waals surface area contributed by atoms with Gasteiger partial charge >= 0.3 is 11.9 Å². The van der Waals surface area contributed by atoms with Crippen molar-refractivity contribution in [3.8, 4) is 0 Å². The number of nitrogens with zero attached hydrogens (tertiary/aromatic N) is 1. The van der Waals surface area contributed by atoms with Crippen LogP contribution >= 0.6 is 0 Å². The maximum Gasteiger partial charge on any atom is 0.338 e. The number of aliphatic hydroxyl groups excluding tert-OH is 1. The largest absolute Gasteiger partial charge is 0.469 e. The molecule has 2 aromatic carbocycles. The number of hydrogen-bond donors (Lipinski definition) is 1. The Labute approximate surface area is 255 Å². The third-order valence-electron chi connectivity index (χ3n) is 8.16. The number of methoxy groups -OCH3 is 1. The molecule has 2 fully saturated rings. The molecule has 0 aromatic heterocycles. The highest BCUT2D eigenvalue weighted by atomic mass is 16.7. The van der Waals surface area contributed by atoms with E-state index in [0.717, 1.165) is 63.6 Å². The summed E-state index contributed by atoms with van der Waals surface area (Å²) in [6.07, 6.45) is 4.80. The van der Waals surface area contributed by atoms with Gasteiger partial charge in [0.1, 0.15) is 12.2 Å². The molecule has 0 unspecified atom stereocenters. The molecule has 0 spiro atoms. The first kappa shape index (κ1) is 33.1. The highest BCUT2D eigenvalue weighted by Gasteiger charge is 2.49. The van der Waals surface area contributed by atoms with Crippen LogP contribution in [-0.2, 0) is 35.1 Å². The molecule has 2 heterocycles. The summed E-state index contributed by atoms with van der Waals surface area (Å²) in [6, 6.07) is 18.9. The summed E-state index contributed by atoms with van der Waals surface area (Å²) in [4.78, 5) is 26.8. The zero-order valence-corrected chi connectivity index (χ0v) is 25.3. The Balaban J connectivity index is 1.38. The van der Waals surface area contributed by atoms with E-state index in [1.54, 1.807) is 12.1 Å². The molecule has 5 atom stereocenters. The summed E-state index contributed by atoms with van der Waals surface area (Å²) in [5.74, 6) is -0.343. The zero-order valence-electron chi connectivity index (χ0n) is 25.3. The number of esters is 2. The van der Waals surface area contributed by atoms with Crippen LogP contribution in [0.4, 0.5) is 0 Å². The van der Waals surface area contributed by atoms with Crippen LogP contribution in [0.1, 0.15) is 67.3 Å². The molecule has 9 nitrogen and oxygen atoms in total. The predicted octanol–water partition coefficient (Wildman–Crippen LogP) is 4.76. The van der Waals surface area contributed by atoms with E-state index in [0.29, 0.717) is 31.7 Å². The molecule has 0 aliphatic carbocycles. The number of aliphatic hydroxyl groups is 1. The topological polar surface area (TPSA) is 104 Å². The number of likely N-dealkylation sites (tertiary alicyclic amines) is 1. The Kier molecular flexibility index (Phi) is 13.9. The minimum Gasteiger partial charge on any atom is -0.469 e. The van der Waals surface area contributed by atoms with Gasteiger partial charge in [-0.05, 0) is 49.4 Å². The molecule has 9 heteroatoms. The molecule has 0 saturated carbocycles. The van der Waals surface area contributed by atoms with Crippen molar-refractivity contribution in [1.29, 1.82) is 0 Å². The molecule has 236 valence electrons. The van der Waals surface area contributed by atoms with Gasteiger partial charge in [-0.25, -0.2) is 4.79 Å². The van der Waals surface area contributed by atoms with Gasteiger partial charge in [-0.1, -0.05) is 74.2 Å². The first-order valence-corrected chi connectivity index (χ1v) is 15.7. The van der Waals surface area contributed by atoms with Crippen molar-refractivity contribution in [1.82, 2.24) is 4.90 Å². The van der Waals surface area contributed by atoms with E-state index in [2.05, 4.69) is 4.90 Å². The van der Waals surface area contributed by atoms with Gasteiger partial charge in [-0.2, -0.15) is 0 Å². The van der Waals surface area contributed by atoms with Crippen molar-refractivity contribution >= 4 is 11.9 Å². The summed E-state index contributed by atoms with van der Waals surface area (Å²) in [5.41, 5.74) is 1.48. The number of hydrogen-bond acceptors (Lipinski definition) is 9. The third-order valence-corrected chi connectivity index (χ3v) is 8.16. The molecule has 0 bridgehead atoms. The average Bonchev–Trinajstić information content (AvgIpc) is 3.63. The van der Waals surface area contributed by atoms with E-state index in [4.69, 9.17) is 23.7 Å². The fourth-order valence-corrected chi connectivity index (χ4v) is 5.69. The van der Waals surface area contributed by atoms with Crippen LogP contribution in [0.5, 0.6) is 0 Å². The lowest BCUT2D eigenvalue weighted by atomic mass is 10.1. The van der Waals surface area contributed by atoms with E-state index in [1.165, 1.54) is 7.11 Å².